The number of sulfonamides is 1. The van der Waals surface area contributed by atoms with E-state index < -0.39 is 32.2 Å². The molecule has 0 unspecified atom stereocenters. The molecular weight excluding hydrogens is 473 g/mol. The Balaban J connectivity index is 1.65. The van der Waals surface area contributed by atoms with Crippen molar-refractivity contribution in [1.29, 1.82) is 5.26 Å². The summed E-state index contributed by atoms with van der Waals surface area (Å²) in [7, 11) is -4.14. The van der Waals surface area contributed by atoms with Gasteiger partial charge in [0.1, 0.15) is 11.6 Å². The predicted molar refractivity (Wildman–Crippen MR) is 116 cm³/mol. The van der Waals surface area contributed by atoms with Crippen LogP contribution in [0.5, 0.6) is 0 Å². The highest BCUT2D eigenvalue weighted by Gasteiger charge is 2.34. The van der Waals surface area contributed by atoms with E-state index in [4.69, 9.17) is 5.26 Å². The summed E-state index contributed by atoms with van der Waals surface area (Å²) in [5.41, 5.74) is 0.275. The number of nitrogens with one attached hydrogen (secondary N) is 1. The number of rotatable bonds is 5. The second kappa shape index (κ2) is 9.60. The molecule has 1 amide bonds. The molecule has 182 valence electrons. The number of aromatic nitrogens is 1. The van der Waals surface area contributed by atoms with Crippen molar-refractivity contribution in [2.24, 2.45) is 0 Å². The number of nitriles is 1. The summed E-state index contributed by atoms with van der Waals surface area (Å²) in [5, 5.41) is 9.17. The molecule has 0 aliphatic carbocycles. The van der Waals surface area contributed by atoms with E-state index in [0.29, 0.717) is 29.3 Å². The second-order valence-electron chi connectivity index (χ2n) is 7.98. The van der Waals surface area contributed by atoms with Crippen LogP contribution in [0.4, 0.5) is 13.2 Å². The van der Waals surface area contributed by atoms with E-state index in [9.17, 15) is 31.2 Å². The van der Waals surface area contributed by atoms with E-state index in [0.717, 1.165) is 22.5 Å². The smallest absolute Gasteiger partial charge is 0.340 e. The molecule has 2 heterocycles. The number of hydrogen-bond acceptors (Lipinski definition) is 5. The molecule has 1 N–H and O–H groups in total. The van der Waals surface area contributed by atoms with Crippen molar-refractivity contribution in [3.8, 4) is 6.07 Å². The van der Waals surface area contributed by atoms with E-state index in [1.54, 1.807) is 13.8 Å². The third-order valence-corrected chi connectivity index (χ3v) is 7.79. The van der Waals surface area contributed by atoms with Crippen molar-refractivity contribution < 1.29 is 26.4 Å². The van der Waals surface area contributed by atoms with Gasteiger partial charge in [0, 0.05) is 38.3 Å². The number of halogens is 3. The van der Waals surface area contributed by atoms with Gasteiger partial charge in [0.2, 0.25) is 15.9 Å². The van der Waals surface area contributed by atoms with Gasteiger partial charge < -0.3 is 9.88 Å². The van der Waals surface area contributed by atoms with Crippen LogP contribution < -0.4 is 5.56 Å². The molecular formula is C22H23F3N4O4S. The van der Waals surface area contributed by atoms with Crippen molar-refractivity contribution in [3.63, 3.8) is 0 Å². The quantitative estimate of drug-likeness (QED) is 0.683. The summed E-state index contributed by atoms with van der Waals surface area (Å²) < 4.78 is 65.6. The number of piperazine rings is 1. The van der Waals surface area contributed by atoms with Crippen LogP contribution in [-0.2, 0) is 27.4 Å². The summed E-state index contributed by atoms with van der Waals surface area (Å²) in [6.07, 6.45) is -4.27. The summed E-state index contributed by atoms with van der Waals surface area (Å²) in [6, 6.07) is 5.44. The number of aryl methyl sites for hydroxylation is 1. The molecule has 1 aliphatic rings. The lowest BCUT2D eigenvalue weighted by molar-refractivity contribution is -0.137. The van der Waals surface area contributed by atoms with Gasteiger partial charge in [-0.15, -0.1) is 0 Å². The Morgan fingerprint density at radius 1 is 1.18 bits per heavy atom. The zero-order chi connectivity index (χ0) is 25.3. The molecule has 0 saturated carbocycles. The summed E-state index contributed by atoms with van der Waals surface area (Å²) in [5.74, 6) is -0.223. The minimum atomic E-state index is -4.66. The maximum atomic E-state index is 13.0. The van der Waals surface area contributed by atoms with E-state index >= 15 is 0 Å². The number of hydrogen-bond donors (Lipinski definition) is 1. The van der Waals surface area contributed by atoms with Crippen molar-refractivity contribution in [2.45, 2.75) is 37.8 Å². The highest BCUT2D eigenvalue weighted by molar-refractivity contribution is 7.89. The van der Waals surface area contributed by atoms with Gasteiger partial charge in [-0.25, -0.2) is 8.42 Å². The van der Waals surface area contributed by atoms with Crippen LogP contribution in [0.2, 0.25) is 0 Å². The van der Waals surface area contributed by atoms with E-state index in [1.807, 2.05) is 6.07 Å². The number of aromatic amines is 1. The van der Waals surface area contributed by atoms with Gasteiger partial charge in [0.25, 0.3) is 5.56 Å². The summed E-state index contributed by atoms with van der Waals surface area (Å²) >= 11 is 0. The Morgan fingerprint density at radius 3 is 2.41 bits per heavy atom. The number of nitrogens with zero attached hydrogens (tertiary/aromatic N) is 3. The largest absolute Gasteiger partial charge is 0.416 e. The Morgan fingerprint density at radius 2 is 1.82 bits per heavy atom. The van der Waals surface area contributed by atoms with Crippen molar-refractivity contribution in [1.82, 2.24) is 14.2 Å². The van der Waals surface area contributed by atoms with Gasteiger partial charge in [-0.05, 0) is 49.6 Å². The number of benzene rings is 1. The fourth-order valence-electron chi connectivity index (χ4n) is 3.97. The molecule has 0 spiro atoms. The highest BCUT2D eigenvalue weighted by Crippen LogP contribution is 2.31. The lowest BCUT2D eigenvalue weighted by Crippen LogP contribution is -2.50. The fraction of sp³-hybridized carbons (Fsp3) is 0.409. The number of alkyl halides is 3. The van der Waals surface area contributed by atoms with Gasteiger partial charge in [0.05, 0.1) is 10.5 Å². The van der Waals surface area contributed by atoms with Crippen LogP contribution in [0.1, 0.15) is 34.4 Å². The molecule has 0 radical (unpaired) electrons. The number of pyridine rings is 1. The zero-order valence-electron chi connectivity index (χ0n) is 18.6. The Bertz CT molecular complexity index is 1300. The lowest BCUT2D eigenvalue weighted by atomic mass is 9.99. The molecule has 2 aromatic rings. The van der Waals surface area contributed by atoms with Crippen LogP contribution in [-0.4, -0.2) is 54.7 Å². The summed E-state index contributed by atoms with van der Waals surface area (Å²) in [6.45, 7) is 3.46. The van der Waals surface area contributed by atoms with Gasteiger partial charge in [-0.1, -0.05) is 6.07 Å². The maximum Gasteiger partial charge on any atom is 0.416 e. The van der Waals surface area contributed by atoms with Crippen molar-refractivity contribution >= 4 is 15.9 Å². The average molecular weight is 497 g/mol. The van der Waals surface area contributed by atoms with Crippen LogP contribution >= 0.6 is 0 Å². The first-order chi connectivity index (χ1) is 15.9. The molecule has 0 atom stereocenters. The molecule has 1 saturated heterocycles. The topological polar surface area (TPSA) is 114 Å². The Labute approximate surface area is 194 Å². The van der Waals surface area contributed by atoms with Gasteiger partial charge in [-0.2, -0.15) is 22.7 Å². The van der Waals surface area contributed by atoms with E-state index in [1.165, 1.54) is 4.90 Å². The second-order valence-corrected chi connectivity index (χ2v) is 9.92. The first-order valence-corrected chi connectivity index (χ1v) is 11.9. The minimum Gasteiger partial charge on any atom is -0.340 e. The lowest BCUT2D eigenvalue weighted by Gasteiger charge is -2.34. The number of amides is 1. The van der Waals surface area contributed by atoms with Crippen LogP contribution in [0.15, 0.2) is 34.0 Å². The van der Waals surface area contributed by atoms with E-state index in [2.05, 4.69) is 4.98 Å². The molecule has 34 heavy (non-hydrogen) atoms. The molecule has 1 aromatic heterocycles. The average Bonchev–Trinajstić information content (AvgIpc) is 2.78. The fourth-order valence-corrected chi connectivity index (χ4v) is 5.44. The number of carbonyl (C=O) groups is 1. The molecule has 12 heteroatoms. The minimum absolute atomic E-state index is 0.00135. The van der Waals surface area contributed by atoms with Crippen LogP contribution in [0.25, 0.3) is 0 Å². The normalized spacial score (nSPS) is 15.2. The van der Waals surface area contributed by atoms with Crippen molar-refractivity contribution in [3.05, 3.63) is 62.6 Å². The number of H-pyrrole nitrogens is 1. The van der Waals surface area contributed by atoms with Crippen LogP contribution in [0, 0.1) is 25.2 Å². The first kappa shape index (κ1) is 25.5. The number of carbonyl (C=O) groups excluding carboxylic acids is 1. The van der Waals surface area contributed by atoms with Gasteiger partial charge in [-0.3, -0.25) is 9.59 Å². The molecule has 1 aromatic carbocycles. The molecule has 8 nitrogen and oxygen atoms in total. The van der Waals surface area contributed by atoms with Gasteiger partial charge >= 0.3 is 6.18 Å². The predicted octanol–water partition coefficient (Wildman–Crippen LogP) is 2.35. The standard InChI is InChI=1S/C22H23F3N4O4S/c1-14-18(15(2)27-21(31)19(14)13-26)6-7-20(30)28-8-10-29(11-9-28)34(32,33)17-5-3-4-16(12-17)22(23,24)25/h3-5,12H,6-11H2,1-2H3,(H,27,31). The van der Waals surface area contributed by atoms with E-state index in [-0.39, 0.29) is 44.1 Å². The summed E-state index contributed by atoms with van der Waals surface area (Å²) in [4.78, 5) is 28.2. The molecule has 1 aliphatic heterocycles. The molecule has 3 rings (SSSR count). The molecule has 1 fully saturated rings. The maximum absolute atomic E-state index is 13.0. The Kier molecular flexibility index (Phi) is 7.18. The monoisotopic (exact) mass is 496 g/mol. The third kappa shape index (κ3) is 5.15. The van der Waals surface area contributed by atoms with Crippen molar-refractivity contribution in [2.75, 3.05) is 26.2 Å². The zero-order valence-corrected chi connectivity index (χ0v) is 19.4. The molecule has 0 bridgehead atoms. The first-order valence-electron chi connectivity index (χ1n) is 10.4. The highest BCUT2D eigenvalue weighted by atomic mass is 32.2. The van der Waals surface area contributed by atoms with Gasteiger partial charge in [0.15, 0.2) is 0 Å². The third-order valence-electron chi connectivity index (χ3n) is 5.90. The SMILES string of the molecule is Cc1[nH]c(=O)c(C#N)c(C)c1CCC(=O)N1CCN(S(=O)(=O)c2cccc(C(F)(F)F)c2)CC1. The Hall–Kier alpha value is -3.17. The van der Waals surface area contributed by atoms with Crippen LogP contribution in [0.3, 0.4) is 0 Å².